The van der Waals surface area contributed by atoms with Gasteiger partial charge in [0.15, 0.2) is 17.4 Å². The zero-order valence-corrected chi connectivity index (χ0v) is 15.2. The highest BCUT2D eigenvalue weighted by Gasteiger charge is 2.16. The molecule has 0 fully saturated rings. The number of benzene rings is 2. The van der Waals surface area contributed by atoms with Gasteiger partial charge in [-0.1, -0.05) is 0 Å². The van der Waals surface area contributed by atoms with Crippen LogP contribution in [0.25, 0.3) is 10.9 Å². The van der Waals surface area contributed by atoms with Crippen molar-refractivity contribution in [3.8, 4) is 17.2 Å². The van der Waals surface area contributed by atoms with Crippen LogP contribution < -0.4 is 14.8 Å². The smallest absolute Gasteiger partial charge is 0.198 e. The van der Waals surface area contributed by atoms with Gasteiger partial charge in [-0.2, -0.15) is 0 Å². The van der Waals surface area contributed by atoms with E-state index < -0.39 is 23.0 Å². The lowest BCUT2D eigenvalue weighted by Crippen LogP contribution is -2.27. The van der Waals surface area contributed by atoms with Crippen molar-refractivity contribution in [1.82, 2.24) is 4.98 Å². The van der Waals surface area contributed by atoms with Gasteiger partial charge in [0.05, 0.1) is 11.1 Å². The molecule has 0 radical (unpaired) electrons. The topological polar surface area (TPSA) is 63.6 Å². The predicted molar refractivity (Wildman–Crippen MR) is 99.5 cm³/mol. The zero-order chi connectivity index (χ0) is 19.6. The fourth-order valence-electron chi connectivity index (χ4n) is 2.45. The highest BCUT2D eigenvalue weighted by atomic mass is 19.1. The van der Waals surface area contributed by atoms with E-state index in [0.29, 0.717) is 22.3 Å². The zero-order valence-electron chi connectivity index (χ0n) is 15.2. The van der Waals surface area contributed by atoms with Crippen LogP contribution in [0.5, 0.6) is 17.2 Å². The van der Waals surface area contributed by atoms with Gasteiger partial charge in [0.2, 0.25) is 0 Å². The summed E-state index contributed by atoms with van der Waals surface area (Å²) in [7, 11) is 1.57. The Kier molecular flexibility index (Phi) is 5.14. The van der Waals surface area contributed by atoms with E-state index in [0.717, 1.165) is 12.1 Å². The van der Waals surface area contributed by atoms with Crippen molar-refractivity contribution in [2.24, 2.45) is 0 Å². The van der Waals surface area contributed by atoms with Crippen molar-refractivity contribution >= 4 is 16.6 Å². The van der Waals surface area contributed by atoms with Crippen LogP contribution >= 0.6 is 0 Å². The summed E-state index contributed by atoms with van der Waals surface area (Å²) in [6, 6.07) is 8.89. The fraction of sp³-hybridized carbons (Fsp3) is 0.250. The van der Waals surface area contributed by atoms with Crippen LogP contribution in [0.3, 0.4) is 0 Å². The maximum atomic E-state index is 14.2. The summed E-state index contributed by atoms with van der Waals surface area (Å²) in [5.41, 5.74) is -0.124. The average molecular weight is 374 g/mol. The molecule has 2 N–H and O–H groups in total. The predicted octanol–water partition coefficient (Wildman–Crippen LogP) is 4.50. The van der Waals surface area contributed by atoms with Crippen molar-refractivity contribution in [2.45, 2.75) is 19.4 Å². The Labute approximate surface area is 155 Å². The van der Waals surface area contributed by atoms with Gasteiger partial charge in [-0.25, -0.2) is 8.78 Å². The molecule has 5 nitrogen and oxygen atoms in total. The first-order valence-corrected chi connectivity index (χ1v) is 8.35. The third kappa shape index (κ3) is 4.43. The van der Waals surface area contributed by atoms with Crippen molar-refractivity contribution in [3.63, 3.8) is 0 Å². The first-order chi connectivity index (χ1) is 12.8. The highest BCUT2D eigenvalue weighted by molar-refractivity contribution is 5.86. The molecule has 2 aromatic carbocycles. The molecule has 142 valence electrons. The molecule has 1 aromatic heterocycles. The van der Waals surface area contributed by atoms with E-state index in [4.69, 9.17) is 9.47 Å². The van der Waals surface area contributed by atoms with E-state index in [1.807, 2.05) is 0 Å². The first kappa shape index (κ1) is 18.8. The number of anilines is 1. The van der Waals surface area contributed by atoms with Gasteiger partial charge in [0, 0.05) is 42.5 Å². The van der Waals surface area contributed by atoms with E-state index in [1.54, 1.807) is 39.1 Å². The lowest BCUT2D eigenvalue weighted by atomic mass is 10.1. The summed E-state index contributed by atoms with van der Waals surface area (Å²) < 4.78 is 39.4. The Bertz CT molecular complexity index is 948. The maximum Gasteiger partial charge on any atom is 0.198 e. The molecule has 0 saturated heterocycles. The van der Waals surface area contributed by atoms with Crippen molar-refractivity contribution < 1.29 is 23.4 Å². The van der Waals surface area contributed by atoms with E-state index in [1.165, 1.54) is 12.3 Å². The summed E-state index contributed by atoms with van der Waals surface area (Å²) in [5, 5.41) is 13.0. The second kappa shape index (κ2) is 7.36. The molecule has 0 saturated carbocycles. The summed E-state index contributed by atoms with van der Waals surface area (Å²) in [6.45, 7) is 3.39. The van der Waals surface area contributed by atoms with E-state index >= 15 is 0 Å². The number of fused-ring (bicyclic) bond motifs is 1. The molecular weight excluding hydrogens is 354 g/mol. The molecule has 0 unspecified atom stereocenters. The van der Waals surface area contributed by atoms with Gasteiger partial charge >= 0.3 is 0 Å². The fourth-order valence-corrected chi connectivity index (χ4v) is 2.45. The Hall–Kier alpha value is -2.93. The Morgan fingerprint density at radius 3 is 2.44 bits per heavy atom. The summed E-state index contributed by atoms with van der Waals surface area (Å²) in [6.07, 6.45) is 1.48. The number of pyridine rings is 1. The minimum atomic E-state index is -0.970. The van der Waals surface area contributed by atoms with E-state index in [-0.39, 0.29) is 12.4 Å². The van der Waals surface area contributed by atoms with E-state index in [2.05, 4.69) is 10.3 Å². The number of nitrogens with zero attached hydrogens (tertiary/aromatic N) is 1. The third-order valence-corrected chi connectivity index (χ3v) is 3.77. The molecule has 0 atom stereocenters. The van der Waals surface area contributed by atoms with Crippen LogP contribution in [0.4, 0.5) is 14.5 Å². The SMILES string of the molecule is CNc1cc(F)c(Oc2ccnc3cc(OCC(C)(C)O)ccc23)c(F)c1. The molecule has 0 amide bonds. The minimum absolute atomic E-state index is 0.114. The average Bonchev–Trinajstić information content (AvgIpc) is 2.62. The van der Waals surface area contributed by atoms with Crippen LogP contribution in [-0.4, -0.2) is 29.3 Å². The molecule has 27 heavy (non-hydrogen) atoms. The van der Waals surface area contributed by atoms with Crippen molar-refractivity contribution in [1.29, 1.82) is 0 Å². The van der Waals surface area contributed by atoms with Gasteiger partial charge in [0.1, 0.15) is 18.1 Å². The molecule has 3 rings (SSSR count). The number of aromatic nitrogens is 1. The molecule has 0 aliphatic heterocycles. The minimum Gasteiger partial charge on any atom is -0.491 e. The highest BCUT2D eigenvalue weighted by Crippen LogP contribution is 2.34. The van der Waals surface area contributed by atoms with Crippen LogP contribution in [0.15, 0.2) is 42.6 Å². The summed E-state index contributed by atoms with van der Waals surface area (Å²) >= 11 is 0. The summed E-state index contributed by atoms with van der Waals surface area (Å²) in [4.78, 5) is 4.24. The van der Waals surface area contributed by atoms with E-state index in [9.17, 15) is 13.9 Å². The second-order valence-corrected chi connectivity index (χ2v) is 6.71. The van der Waals surface area contributed by atoms with Gasteiger partial charge < -0.3 is 19.9 Å². The quantitative estimate of drug-likeness (QED) is 0.665. The van der Waals surface area contributed by atoms with Crippen LogP contribution in [0.2, 0.25) is 0 Å². The lowest BCUT2D eigenvalue weighted by molar-refractivity contribution is 0.0285. The van der Waals surface area contributed by atoms with Gasteiger partial charge in [-0.15, -0.1) is 0 Å². The third-order valence-electron chi connectivity index (χ3n) is 3.77. The molecule has 1 heterocycles. The number of ether oxygens (including phenoxy) is 2. The lowest BCUT2D eigenvalue weighted by Gasteiger charge is -2.18. The Morgan fingerprint density at radius 2 is 1.81 bits per heavy atom. The maximum absolute atomic E-state index is 14.2. The van der Waals surface area contributed by atoms with Gasteiger partial charge in [-0.3, -0.25) is 4.98 Å². The van der Waals surface area contributed by atoms with Gasteiger partial charge in [0.25, 0.3) is 0 Å². The standard InChI is InChI=1S/C20H20F2N2O3/c1-20(2,25)11-26-13-4-5-14-17(10-13)24-7-6-18(14)27-19-15(21)8-12(23-3)9-16(19)22/h4-10,23,25H,11H2,1-3H3. The first-order valence-electron chi connectivity index (χ1n) is 8.35. The monoisotopic (exact) mass is 374 g/mol. The number of nitrogens with one attached hydrogen (secondary N) is 1. The molecule has 7 heteroatoms. The van der Waals surface area contributed by atoms with Crippen LogP contribution in [-0.2, 0) is 0 Å². The molecular formula is C20H20F2N2O3. The molecule has 0 aliphatic rings. The Morgan fingerprint density at radius 1 is 1.11 bits per heavy atom. The number of hydrogen-bond acceptors (Lipinski definition) is 5. The molecule has 0 aliphatic carbocycles. The molecule has 0 spiro atoms. The van der Waals surface area contributed by atoms with Crippen molar-refractivity contribution in [3.05, 3.63) is 54.2 Å². The van der Waals surface area contributed by atoms with Crippen LogP contribution in [0, 0.1) is 11.6 Å². The largest absolute Gasteiger partial charge is 0.491 e. The van der Waals surface area contributed by atoms with Crippen LogP contribution in [0.1, 0.15) is 13.8 Å². The number of aliphatic hydroxyl groups is 1. The number of hydrogen-bond donors (Lipinski definition) is 2. The van der Waals surface area contributed by atoms with Gasteiger partial charge in [-0.05, 0) is 32.0 Å². The number of rotatable bonds is 6. The Balaban J connectivity index is 1.92. The van der Waals surface area contributed by atoms with Crippen molar-refractivity contribution in [2.75, 3.05) is 19.0 Å². The molecule has 0 bridgehead atoms. The second-order valence-electron chi connectivity index (χ2n) is 6.71. The normalized spacial score (nSPS) is 11.5. The molecule has 3 aromatic rings. The number of halogens is 2. The summed E-state index contributed by atoms with van der Waals surface area (Å²) in [5.74, 6) is -1.32.